The van der Waals surface area contributed by atoms with E-state index in [1.807, 2.05) is 12.1 Å². The summed E-state index contributed by atoms with van der Waals surface area (Å²) in [6.07, 6.45) is 0. The smallest absolute Gasteiger partial charge is 0.234 e. The second kappa shape index (κ2) is 7.18. The molecule has 1 amide bonds. The number of halogens is 2. The first-order chi connectivity index (χ1) is 11.4. The molecular formula is C16H10Cl2N4O2. The van der Waals surface area contributed by atoms with Crippen molar-refractivity contribution in [3.05, 3.63) is 39.4 Å². The standard InChI is InChI=1S/C16H10Cl2N4O2/c1-8(23)21-15-10(6-19)14(11(7-20)16(22-15)24-2)9-3-4-12(17)13(18)5-9/h3-5H,1-2H3,(H,21,22,23). The number of benzene rings is 1. The van der Waals surface area contributed by atoms with Crippen molar-refractivity contribution in [3.8, 4) is 29.1 Å². The first kappa shape index (κ1) is 17.6. The Morgan fingerprint density at radius 3 is 2.38 bits per heavy atom. The molecule has 0 aliphatic carbocycles. The number of pyridine rings is 1. The Morgan fingerprint density at radius 1 is 1.21 bits per heavy atom. The molecule has 0 aliphatic rings. The van der Waals surface area contributed by atoms with Crippen LogP contribution in [0.2, 0.25) is 10.0 Å². The highest BCUT2D eigenvalue weighted by Gasteiger charge is 2.23. The minimum Gasteiger partial charge on any atom is -0.480 e. The molecule has 2 aromatic rings. The molecule has 0 spiro atoms. The largest absolute Gasteiger partial charge is 0.480 e. The summed E-state index contributed by atoms with van der Waals surface area (Å²) in [4.78, 5) is 15.4. The van der Waals surface area contributed by atoms with Gasteiger partial charge in [-0.05, 0) is 17.7 Å². The van der Waals surface area contributed by atoms with Crippen LogP contribution < -0.4 is 10.1 Å². The van der Waals surface area contributed by atoms with Gasteiger partial charge < -0.3 is 10.1 Å². The minimum atomic E-state index is -0.411. The van der Waals surface area contributed by atoms with Gasteiger partial charge in [0, 0.05) is 12.5 Å². The first-order valence-electron chi connectivity index (χ1n) is 6.58. The average Bonchev–Trinajstić information content (AvgIpc) is 2.55. The van der Waals surface area contributed by atoms with Gasteiger partial charge in [0.2, 0.25) is 11.8 Å². The lowest BCUT2D eigenvalue weighted by Crippen LogP contribution is -2.11. The summed E-state index contributed by atoms with van der Waals surface area (Å²) in [7, 11) is 1.34. The summed E-state index contributed by atoms with van der Waals surface area (Å²) in [5.41, 5.74) is 0.821. The number of nitrogens with zero attached hydrogens (tertiary/aromatic N) is 3. The molecule has 0 bridgehead atoms. The summed E-state index contributed by atoms with van der Waals surface area (Å²) >= 11 is 12.0. The molecule has 0 unspecified atom stereocenters. The van der Waals surface area contributed by atoms with Crippen LogP contribution in [0, 0.1) is 22.7 Å². The molecule has 0 aliphatic heterocycles. The first-order valence-corrected chi connectivity index (χ1v) is 7.33. The number of carbonyl (C=O) groups is 1. The van der Waals surface area contributed by atoms with Crippen molar-refractivity contribution in [2.24, 2.45) is 0 Å². The fourth-order valence-electron chi connectivity index (χ4n) is 2.12. The topological polar surface area (TPSA) is 98.8 Å². The van der Waals surface area contributed by atoms with Crippen LogP contribution >= 0.6 is 23.2 Å². The van der Waals surface area contributed by atoms with Crippen LogP contribution in [-0.2, 0) is 4.79 Å². The Bertz CT molecular complexity index is 914. The summed E-state index contributed by atoms with van der Waals surface area (Å²) in [5.74, 6) is -0.422. The van der Waals surface area contributed by atoms with Gasteiger partial charge in [0.15, 0.2) is 5.82 Å². The third kappa shape index (κ3) is 3.26. The van der Waals surface area contributed by atoms with E-state index in [1.54, 1.807) is 12.1 Å². The number of amides is 1. The van der Waals surface area contributed by atoms with E-state index in [2.05, 4.69) is 10.3 Å². The monoisotopic (exact) mass is 360 g/mol. The van der Waals surface area contributed by atoms with E-state index in [0.717, 1.165) is 0 Å². The van der Waals surface area contributed by atoms with Gasteiger partial charge in [0.1, 0.15) is 23.3 Å². The Labute approximate surface area is 148 Å². The van der Waals surface area contributed by atoms with E-state index in [4.69, 9.17) is 27.9 Å². The zero-order valence-corrected chi connectivity index (χ0v) is 14.2. The zero-order valence-electron chi connectivity index (χ0n) is 12.6. The Kier molecular flexibility index (Phi) is 5.25. The number of rotatable bonds is 3. The number of aromatic nitrogens is 1. The van der Waals surface area contributed by atoms with Crippen LogP contribution in [0.15, 0.2) is 18.2 Å². The molecule has 1 N–H and O–H groups in total. The van der Waals surface area contributed by atoms with Crippen molar-refractivity contribution in [3.63, 3.8) is 0 Å². The summed E-state index contributed by atoms with van der Waals surface area (Å²) < 4.78 is 5.12. The van der Waals surface area contributed by atoms with Crippen molar-refractivity contribution in [1.29, 1.82) is 10.5 Å². The summed E-state index contributed by atoms with van der Waals surface area (Å²) in [5, 5.41) is 22.1. The number of nitrogens with one attached hydrogen (secondary N) is 1. The maximum atomic E-state index is 11.4. The second-order valence-electron chi connectivity index (χ2n) is 4.63. The van der Waals surface area contributed by atoms with E-state index in [9.17, 15) is 15.3 Å². The van der Waals surface area contributed by atoms with E-state index >= 15 is 0 Å². The van der Waals surface area contributed by atoms with Crippen LogP contribution in [0.1, 0.15) is 18.1 Å². The van der Waals surface area contributed by atoms with Crippen molar-refractivity contribution in [2.75, 3.05) is 12.4 Å². The number of hydrogen-bond donors (Lipinski definition) is 1. The lowest BCUT2D eigenvalue weighted by atomic mass is 9.96. The van der Waals surface area contributed by atoms with Gasteiger partial charge in [-0.3, -0.25) is 4.79 Å². The van der Waals surface area contributed by atoms with E-state index < -0.39 is 5.91 Å². The second-order valence-corrected chi connectivity index (χ2v) is 5.44. The number of methoxy groups -OCH3 is 1. The van der Waals surface area contributed by atoms with Crippen molar-refractivity contribution >= 4 is 34.9 Å². The van der Waals surface area contributed by atoms with Gasteiger partial charge in [0.05, 0.1) is 17.2 Å². The van der Waals surface area contributed by atoms with E-state index in [1.165, 1.54) is 20.1 Å². The van der Waals surface area contributed by atoms with Crippen LogP contribution in [0.4, 0.5) is 5.82 Å². The maximum absolute atomic E-state index is 11.4. The molecule has 1 aromatic carbocycles. The third-order valence-electron chi connectivity index (χ3n) is 3.08. The normalized spacial score (nSPS) is 9.75. The number of nitriles is 2. The molecule has 0 fully saturated rings. The van der Waals surface area contributed by atoms with Crippen molar-refractivity contribution < 1.29 is 9.53 Å². The predicted molar refractivity (Wildman–Crippen MR) is 90.0 cm³/mol. The molecule has 0 saturated carbocycles. The van der Waals surface area contributed by atoms with Gasteiger partial charge in [-0.2, -0.15) is 15.5 Å². The molecule has 2 rings (SSSR count). The predicted octanol–water partition coefficient (Wildman–Crippen LogP) is 3.77. The Balaban J connectivity index is 2.89. The number of anilines is 1. The number of ether oxygens (including phenoxy) is 1. The SMILES string of the molecule is COc1nc(NC(C)=O)c(C#N)c(-c2ccc(Cl)c(Cl)c2)c1C#N. The van der Waals surface area contributed by atoms with Crippen molar-refractivity contribution in [1.82, 2.24) is 4.98 Å². The zero-order chi connectivity index (χ0) is 17.9. The molecule has 6 nitrogen and oxygen atoms in total. The molecule has 0 saturated heterocycles. The molecule has 1 aromatic heterocycles. The lowest BCUT2D eigenvalue weighted by Gasteiger charge is -2.14. The highest BCUT2D eigenvalue weighted by atomic mass is 35.5. The fourth-order valence-corrected chi connectivity index (χ4v) is 2.42. The van der Waals surface area contributed by atoms with Crippen LogP contribution in [0.25, 0.3) is 11.1 Å². The lowest BCUT2D eigenvalue weighted by molar-refractivity contribution is -0.114. The molecule has 0 radical (unpaired) electrons. The molecule has 24 heavy (non-hydrogen) atoms. The molecule has 120 valence electrons. The van der Waals surface area contributed by atoms with Crippen LogP contribution in [0.3, 0.4) is 0 Å². The summed E-state index contributed by atoms with van der Waals surface area (Å²) in [6, 6.07) is 8.63. The quantitative estimate of drug-likeness (QED) is 0.897. The van der Waals surface area contributed by atoms with E-state index in [-0.39, 0.29) is 33.4 Å². The Morgan fingerprint density at radius 2 is 1.88 bits per heavy atom. The van der Waals surface area contributed by atoms with Gasteiger partial charge >= 0.3 is 0 Å². The maximum Gasteiger partial charge on any atom is 0.234 e. The molecule has 1 heterocycles. The van der Waals surface area contributed by atoms with Gasteiger partial charge in [0.25, 0.3) is 0 Å². The Hall–Kier alpha value is -2.80. The highest BCUT2D eigenvalue weighted by molar-refractivity contribution is 6.42. The van der Waals surface area contributed by atoms with E-state index in [0.29, 0.717) is 10.6 Å². The number of hydrogen-bond acceptors (Lipinski definition) is 5. The fraction of sp³-hybridized carbons (Fsp3) is 0.125. The van der Waals surface area contributed by atoms with Gasteiger partial charge in [-0.1, -0.05) is 29.3 Å². The van der Waals surface area contributed by atoms with Crippen LogP contribution in [0.5, 0.6) is 5.88 Å². The molecule has 0 atom stereocenters. The van der Waals surface area contributed by atoms with Gasteiger partial charge in [-0.15, -0.1) is 0 Å². The third-order valence-corrected chi connectivity index (χ3v) is 3.82. The molecule has 8 heteroatoms. The van der Waals surface area contributed by atoms with Crippen LogP contribution in [-0.4, -0.2) is 18.0 Å². The number of carbonyl (C=O) groups excluding carboxylic acids is 1. The van der Waals surface area contributed by atoms with Gasteiger partial charge in [-0.25, -0.2) is 0 Å². The average molecular weight is 361 g/mol. The summed E-state index contributed by atoms with van der Waals surface area (Å²) in [6.45, 7) is 1.28. The highest BCUT2D eigenvalue weighted by Crippen LogP contribution is 2.38. The minimum absolute atomic E-state index is 0.00178. The molecular weight excluding hydrogens is 351 g/mol. The van der Waals surface area contributed by atoms with Crippen molar-refractivity contribution in [2.45, 2.75) is 6.92 Å².